The van der Waals surface area contributed by atoms with E-state index in [-0.39, 0.29) is 12.2 Å². The number of hydrogen-bond acceptors (Lipinski definition) is 3. The first-order valence-corrected chi connectivity index (χ1v) is 5.59. The van der Waals surface area contributed by atoms with Crippen LogP contribution in [0.5, 0.6) is 5.75 Å². The molecule has 0 radical (unpaired) electrons. The minimum atomic E-state index is -0.481. The second kappa shape index (κ2) is 5.78. The van der Waals surface area contributed by atoms with Crippen LogP contribution in [-0.2, 0) is 6.61 Å². The van der Waals surface area contributed by atoms with E-state index in [1.54, 1.807) is 24.3 Å². The van der Waals surface area contributed by atoms with E-state index in [2.05, 4.69) is 0 Å². The molecule has 0 unspecified atom stereocenters. The lowest BCUT2D eigenvalue weighted by atomic mass is 10.1. The lowest BCUT2D eigenvalue weighted by Gasteiger charge is -2.07. The molecule has 4 heteroatoms. The number of aldehydes is 1. The summed E-state index contributed by atoms with van der Waals surface area (Å²) in [6.07, 6.45) is 0.717. The smallest absolute Gasteiger partial charge is 0.150 e. The third-order valence-corrected chi connectivity index (χ3v) is 2.57. The van der Waals surface area contributed by atoms with Gasteiger partial charge in [-0.3, -0.25) is 4.79 Å². The van der Waals surface area contributed by atoms with Crippen molar-refractivity contribution >= 4 is 6.29 Å². The number of rotatable bonds is 4. The molecule has 0 bridgehead atoms. The van der Waals surface area contributed by atoms with E-state index in [0.29, 0.717) is 16.9 Å². The van der Waals surface area contributed by atoms with Crippen LogP contribution >= 0.6 is 0 Å². The summed E-state index contributed by atoms with van der Waals surface area (Å²) >= 11 is 0. The quantitative estimate of drug-likeness (QED) is 0.789. The van der Waals surface area contributed by atoms with Crippen molar-refractivity contribution in [3.63, 3.8) is 0 Å². The Bertz CT molecular complexity index is 647. The number of nitrogens with zero attached hydrogens (tertiary/aromatic N) is 1. The summed E-state index contributed by atoms with van der Waals surface area (Å²) < 4.78 is 19.0. The molecule has 0 spiro atoms. The zero-order valence-electron chi connectivity index (χ0n) is 9.97. The van der Waals surface area contributed by atoms with Gasteiger partial charge in [0.15, 0.2) is 0 Å². The molecule has 0 saturated heterocycles. The lowest BCUT2D eigenvalue weighted by Crippen LogP contribution is -1.99. The molecule has 94 valence electrons. The van der Waals surface area contributed by atoms with E-state index in [1.807, 2.05) is 6.07 Å². The van der Waals surface area contributed by atoms with Crippen molar-refractivity contribution in [2.45, 2.75) is 6.61 Å². The molecule has 0 aliphatic rings. The second-order valence-corrected chi connectivity index (χ2v) is 3.90. The maximum atomic E-state index is 13.6. The third-order valence-electron chi connectivity index (χ3n) is 2.57. The van der Waals surface area contributed by atoms with Crippen LogP contribution in [0, 0.1) is 17.1 Å². The molecular formula is C15H10FNO2. The van der Waals surface area contributed by atoms with Crippen molar-refractivity contribution in [2.24, 2.45) is 0 Å². The van der Waals surface area contributed by atoms with Crippen LogP contribution in [0.1, 0.15) is 21.5 Å². The van der Waals surface area contributed by atoms with Crippen LogP contribution < -0.4 is 4.74 Å². The first-order valence-electron chi connectivity index (χ1n) is 5.59. The third kappa shape index (κ3) is 3.17. The Labute approximate surface area is 109 Å². The number of ether oxygens (including phenoxy) is 1. The fourth-order valence-electron chi connectivity index (χ4n) is 1.57. The topological polar surface area (TPSA) is 50.1 Å². The van der Waals surface area contributed by atoms with Gasteiger partial charge in [0.25, 0.3) is 0 Å². The fourth-order valence-corrected chi connectivity index (χ4v) is 1.57. The number of halogens is 1. The van der Waals surface area contributed by atoms with Gasteiger partial charge in [-0.2, -0.15) is 5.26 Å². The largest absolute Gasteiger partial charge is 0.489 e. The van der Waals surface area contributed by atoms with Crippen molar-refractivity contribution in [3.8, 4) is 11.8 Å². The number of carbonyl (C=O) groups is 1. The Balaban J connectivity index is 2.10. The van der Waals surface area contributed by atoms with Gasteiger partial charge in [-0.15, -0.1) is 0 Å². The van der Waals surface area contributed by atoms with E-state index in [4.69, 9.17) is 10.00 Å². The standard InChI is InChI=1S/C15H10FNO2/c16-15-7-11(8-17)4-5-13(15)10-19-14-3-1-2-12(6-14)9-18/h1-7,9H,10H2. The second-order valence-electron chi connectivity index (χ2n) is 3.90. The van der Waals surface area contributed by atoms with Gasteiger partial charge in [-0.05, 0) is 24.3 Å². The van der Waals surface area contributed by atoms with Crippen LogP contribution in [0.2, 0.25) is 0 Å². The van der Waals surface area contributed by atoms with E-state index in [1.165, 1.54) is 18.2 Å². The molecule has 0 fully saturated rings. The Morgan fingerprint density at radius 1 is 1.26 bits per heavy atom. The zero-order valence-corrected chi connectivity index (χ0v) is 9.97. The van der Waals surface area contributed by atoms with Crippen molar-refractivity contribution in [1.82, 2.24) is 0 Å². The number of hydrogen-bond donors (Lipinski definition) is 0. The Morgan fingerprint density at radius 3 is 2.79 bits per heavy atom. The van der Waals surface area contributed by atoms with Gasteiger partial charge in [-0.1, -0.05) is 18.2 Å². The summed E-state index contributed by atoms with van der Waals surface area (Å²) in [7, 11) is 0. The molecule has 2 aromatic rings. The SMILES string of the molecule is N#Cc1ccc(COc2cccc(C=O)c2)c(F)c1. The Morgan fingerprint density at radius 2 is 2.11 bits per heavy atom. The Hall–Kier alpha value is -2.67. The first-order chi connectivity index (χ1) is 9.22. The molecule has 0 aliphatic carbocycles. The first kappa shape index (κ1) is 12.8. The van der Waals surface area contributed by atoms with Gasteiger partial charge >= 0.3 is 0 Å². The summed E-state index contributed by atoms with van der Waals surface area (Å²) in [5.41, 5.74) is 1.12. The molecule has 2 aromatic carbocycles. The minimum absolute atomic E-state index is 0.0415. The predicted molar refractivity (Wildman–Crippen MR) is 67.3 cm³/mol. The maximum absolute atomic E-state index is 13.6. The summed E-state index contributed by atoms with van der Waals surface area (Å²) in [6.45, 7) is 0.0415. The molecule has 0 saturated carbocycles. The monoisotopic (exact) mass is 255 g/mol. The lowest BCUT2D eigenvalue weighted by molar-refractivity contribution is 0.112. The highest BCUT2D eigenvalue weighted by atomic mass is 19.1. The fraction of sp³-hybridized carbons (Fsp3) is 0.0667. The molecule has 0 amide bonds. The van der Waals surface area contributed by atoms with Gasteiger partial charge in [0.1, 0.15) is 24.5 Å². The number of benzene rings is 2. The van der Waals surface area contributed by atoms with E-state index in [0.717, 1.165) is 6.29 Å². The van der Waals surface area contributed by atoms with Crippen LogP contribution in [0.3, 0.4) is 0 Å². The zero-order chi connectivity index (χ0) is 13.7. The molecule has 0 atom stereocenters. The van der Waals surface area contributed by atoms with Crippen LogP contribution in [0.25, 0.3) is 0 Å². The average molecular weight is 255 g/mol. The van der Waals surface area contributed by atoms with Crippen molar-refractivity contribution < 1.29 is 13.9 Å². The average Bonchev–Trinajstić information content (AvgIpc) is 2.46. The normalized spacial score (nSPS) is 9.68. The van der Waals surface area contributed by atoms with E-state index < -0.39 is 5.82 Å². The summed E-state index contributed by atoms with van der Waals surface area (Å²) in [6, 6.07) is 12.7. The molecular weight excluding hydrogens is 245 g/mol. The molecule has 0 aliphatic heterocycles. The van der Waals surface area contributed by atoms with Crippen molar-refractivity contribution in [1.29, 1.82) is 5.26 Å². The Kier molecular flexibility index (Phi) is 3.89. The van der Waals surface area contributed by atoms with E-state index in [9.17, 15) is 9.18 Å². The molecule has 19 heavy (non-hydrogen) atoms. The van der Waals surface area contributed by atoms with Gasteiger partial charge < -0.3 is 4.74 Å². The summed E-state index contributed by atoms with van der Waals surface area (Å²) in [4.78, 5) is 10.6. The molecule has 0 heterocycles. The summed E-state index contributed by atoms with van der Waals surface area (Å²) in [5, 5.41) is 8.64. The van der Waals surface area contributed by atoms with Gasteiger partial charge in [0.05, 0.1) is 11.6 Å². The van der Waals surface area contributed by atoms with Crippen LogP contribution in [0.15, 0.2) is 42.5 Å². The van der Waals surface area contributed by atoms with Gasteiger partial charge in [0, 0.05) is 11.1 Å². The maximum Gasteiger partial charge on any atom is 0.150 e. The summed E-state index contributed by atoms with van der Waals surface area (Å²) in [5.74, 6) is 0.0129. The van der Waals surface area contributed by atoms with Crippen LogP contribution in [-0.4, -0.2) is 6.29 Å². The van der Waals surface area contributed by atoms with E-state index >= 15 is 0 Å². The van der Waals surface area contributed by atoms with Crippen molar-refractivity contribution in [2.75, 3.05) is 0 Å². The van der Waals surface area contributed by atoms with Gasteiger partial charge in [0.2, 0.25) is 0 Å². The van der Waals surface area contributed by atoms with Gasteiger partial charge in [-0.25, -0.2) is 4.39 Å². The van der Waals surface area contributed by atoms with Crippen molar-refractivity contribution in [3.05, 3.63) is 65.0 Å². The highest BCUT2D eigenvalue weighted by Gasteiger charge is 2.05. The molecule has 3 nitrogen and oxygen atoms in total. The predicted octanol–water partition coefficient (Wildman–Crippen LogP) is 3.09. The molecule has 2 rings (SSSR count). The number of nitriles is 1. The minimum Gasteiger partial charge on any atom is -0.489 e. The molecule has 0 N–H and O–H groups in total. The highest BCUT2D eigenvalue weighted by Crippen LogP contribution is 2.16. The number of carbonyl (C=O) groups excluding carboxylic acids is 1. The molecule has 0 aromatic heterocycles. The highest BCUT2D eigenvalue weighted by molar-refractivity contribution is 5.75. The van der Waals surface area contributed by atoms with Crippen LogP contribution in [0.4, 0.5) is 4.39 Å².